The summed E-state index contributed by atoms with van der Waals surface area (Å²) >= 11 is 0. The molecule has 0 saturated heterocycles. The molecule has 0 rings (SSSR count). The molecule has 0 heterocycles. The number of nitrogens with one attached hydrogen (secondary N) is 2. The molecule has 0 fully saturated rings. The van der Waals surface area contributed by atoms with Crippen molar-refractivity contribution in [1.82, 2.24) is 10.6 Å². The second-order valence-electron chi connectivity index (χ2n) is 3.42. The summed E-state index contributed by atoms with van der Waals surface area (Å²) in [6.07, 6.45) is 5.17. The van der Waals surface area contributed by atoms with Crippen LogP contribution in [0.4, 0.5) is 0 Å². The quantitative estimate of drug-likeness (QED) is 0.458. The van der Waals surface area contributed by atoms with Gasteiger partial charge in [0.2, 0.25) is 5.91 Å². The molecule has 0 saturated carbocycles. The van der Waals surface area contributed by atoms with Gasteiger partial charge in [-0.25, -0.2) is 0 Å². The average Bonchev–Trinajstić information content (AvgIpc) is 2.20. The smallest absolute Gasteiger partial charge is 0.236 e. The van der Waals surface area contributed by atoms with Crippen LogP contribution in [-0.2, 0) is 4.79 Å². The fraction of sp³-hybridized carbons (Fsp3) is 0.727. The Morgan fingerprint density at radius 2 is 2.21 bits per heavy atom. The van der Waals surface area contributed by atoms with E-state index in [9.17, 15) is 4.79 Å². The van der Waals surface area contributed by atoms with E-state index in [4.69, 9.17) is 0 Å². The van der Waals surface area contributed by atoms with Gasteiger partial charge in [-0.3, -0.25) is 4.79 Å². The molecule has 3 heteroatoms. The summed E-state index contributed by atoms with van der Waals surface area (Å²) in [5.41, 5.74) is 0. The van der Waals surface area contributed by atoms with Gasteiger partial charge in [0.1, 0.15) is 0 Å². The topological polar surface area (TPSA) is 41.1 Å². The number of hydrogen-bond acceptors (Lipinski definition) is 2. The lowest BCUT2D eigenvalue weighted by molar-refractivity contribution is -0.122. The number of carbonyl (C=O) groups excluding carboxylic acids is 1. The number of rotatable bonds is 8. The molecule has 0 spiro atoms. The van der Waals surface area contributed by atoms with Crippen LogP contribution >= 0.6 is 0 Å². The largest absolute Gasteiger partial charge is 0.355 e. The maximum absolute atomic E-state index is 11.4. The van der Waals surface area contributed by atoms with E-state index in [1.54, 1.807) is 6.08 Å². The Labute approximate surface area is 87.0 Å². The predicted molar refractivity (Wildman–Crippen MR) is 60.2 cm³/mol. The van der Waals surface area contributed by atoms with Crippen molar-refractivity contribution in [2.45, 2.75) is 39.2 Å². The van der Waals surface area contributed by atoms with Crippen molar-refractivity contribution in [2.24, 2.45) is 0 Å². The molecule has 82 valence electrons. The van der Waals surface area contributed by atoms with Crippen molar-refractivity contribution >= 4 is 5.91 Å². The van der Waals surface area contributed by atoms with Crippen molar-refractivity contribution in [2.75, 3.05) is 13.1 Å². The van der Waals surface area contributed by atoms with Gasteiger partial charge in [-0.2, -0.15) is 0 Å². The van der Waals surface area contributed by atoms with E-state index < -0.39 is 0 Å². The van der Waals surface area contributed by atoms with Gasteiger partial charge in [0.25, 0.3) is 0 Å². The molecule has 2 N–H and O–H groups in total. The van der Waals surface area contributed by atoms with Gasteiger partial charge < -0.3 is 10.6 Å². The second-order valence-corrected chi connectivity index (χ2v) is 3.42. The average molecular weight is 198 g/mol. The highest BCUT2D eigenvalue weighted by Crippen LogP contribution is 1.91. The Morgan fingerprint density at radius 3 is 2.79 bits per heavy atom. The highest BCUT2D eigenvalue weighted by Gasteiger charge is 2.09. The maximum Gasteiger partial charge on any atom is 0.236 e. The van der Waals surface area contributed by atoms with Crippen LogP contribution < -0.4 is 10.6 Å². The minimum Gasteiger partial charge on any atom is -0.355 e. The van der Waals surface area contributed by atoms with Crippen LogP contribution in [0.5, 0.6) is 0 Å². The molecule has 0 aliphatic rings. The maximum atomic E-state index is 11.4. The van der Waals surface area contributed by atoms with Gasteiger partial charge in [-0.1, -0.05) is 25.8 Å². The first-order valence-corrected chi connectivity index (χ1v) is 5.34. The Balaban J connectivity index is 3.46. The van der Waals surface area contributed by atoms with E-state index in [-0.39, 0.29) is 11.9 Å². The molecule has 0 aliphatic heterocycles. The molecule has 14 heavy (non-hydrogen) atoms. The van der Waals surface area contributed by atoms with E-state index in [0.29, 0.717) is 6.54 Å². The fourth-order valence-corrected chi connectivity index (χ4v) is 1.09. The van der Waals surface area contributed by atoms with Crippen LogP contribution in [0.15, 0.2) is 12.7 Å². The molecule has 0 aromatic carbocycles. The monoisotopic (exact) mass is 198 g/mol. The third-order valence-electron chi connectivity index (χ3n) is 2.04. The fourth-order valence-electron chi connectivity index (χ4n) is 1.09. The van der Waals surface area contributed by atoms with Crippen LogP contribution in [0.1, 0.15) is 33.1 Å². The predicted octanol–water partition coefficient (Wildman–Crippen LogP) is 1.46. The first-order chi connectivity index (χ1) is 6.72. The minimum atomic E-state index is -0.130. The molecule has 0 aromatic rings. The van der Waals surface area contributed by atoms with Gasteiger partial charge in [-0.15, -0.1) is 6.58 Å². The zero-order valence-corrected chi connectivity index (χ0v) is 9.31. The second kappa shape index (κ2) is 8.75. The van der Waals surface area contributed by atoms with E-state index in [0.717, 1.165) is 13.0 Å². The molecule has 1 atom stereocenters. The number of carbonyl (C=O) groups is 1. The van der Waals surface area contributed by atoms with Gasteiger partial charge in [0.15, 0.2) is 0 Å². The minimum absolute atomic E-state index is 0.0722. The van der Waals surface area contributed by atoms with E-state index in [1.807, 2.05) is 6.92 Å². The van der Waals surface area contributed by atoms with E-state index in [2.05, 4.69) is 24.1 Å². The van der Waals surface area contributed by atoms with Gasteiger partial charge in [-0.05, 0) is 13.3 Å². The summed E-state index contributed by atoms with van der Waals surface area (Å²) in [6, 6.07) is -0.130. The highest BCUT2D eigenvalue weighted by molar-refractivity contribution is 5.81. The molecule has 1 unspecified atom stereocenters. The Morgan fingerprint density at radius 1 is 1.50 bits per heavy atom. The molecular weight excluding hydrogens is 176 g/mol. The molecule has 3 nitrogen and oxygen atoms in total. The van der Waals surface area contributed by atoms with E-state index in [1.165, 1.54) is 12.8 Å². The molecule has 1 amide bonds. The molecule has 0 radical (unpaired) electrons. The van der Waals surface area contributed by atoms with Gasteiger partial charge >= 0.3 is 0 Å². The lowest BCUT2D eigenvalue weighted by Gasteiger charge is -2.12. The van der Waals surface area contributed by atoms with Crippen molar-refractivity contribution in [3.05, 3.63) is 12.7 Å². The lowest BCUT2D eigenvalue weighted by Crippen LogP contribution is -2.42. The van der Waals surface area contributed by atoms with E-state index >= 15 is 0 Å². The number of hydrogen-bond donors (Lipinski definition) is 2. The summed E-state index contributed by atoms with van der Waals surface area (Å²) in [7, 11) is 0. The third kappa shape index (κ3) is 6.66. The summed E-state index contributed by atoms with van der Waals surface area (Å²) in [5.74, 6) is 0.0722. The molecular formula is C11H22N2O. The summed E-state index contributed by atoms with van der Waals surface area (Å²) in [5, 5.41) is 5.93. The van der Waals surface area contributed by atoms with Crippen molar-refractivity contribution in [3.63, 3.8) is 0 Å². The van der Waals surface area contributed by atoms with Gasteiger partial charge in [0.05, 0.1) is 6.04 Å². The zero-order chi connectivity index (χ0) is 10.8. The number of amides is 1. The van der Waals surface area contributed by atoms with Crippen molar-refractivity contribution in [1.29, 1.82) is 0 Å². The Bertz CT molecular complexity index is 169. The van der Waals surface area contributed by atoms with Crippen LogP contribution in [-0.4, -0.2) is 25.0 Å². The zero-order valence-electron chi connectivity index (χ0n) is 9.31. The molecule has 0 bridgehead atoms. The summed E-state index contributed by atoms with van der Waals surface area (Å²) < 4.78 is 0. The first-order valence-electron chi connectivity index (χ1n) is 5.34. The first kappa shape index (κ1) is 13.2. The van der Waals surface area contributed by atoms with Crippen molar-refractivity contribution in [3.8, 4) is 0 Å². The summed E-state index contributed by atoms with van der Waals surface area (Å²) in [6.45, 7) is 9.05. The molecule has 0 aliphatic carbocycles. The number of unbranched alkanes of at least 4 members (excludes halogenated alkanes) is 2. The summed E-state index contributed by atoms with van der Waals surface area (Å²) in [4.78, 5) is 11.4. The SMILES string of the molecule is C=CCNC(C)C(=O)NCCCCC. The normalized spacial score (nSPS) is 12.1. The standard InChI is InChI=1S/C11H22N2O/c1-4-6-7-9-13-11(14)10(3)12-8-5-2/h5,10,12H,2,4,6-9H2,1,3H3,(H,13,14). The Hall–Kier alpha value is -0.830. The highest BCUT2D eigenvalue weighted by atomic mass is 16.2. The Kier molecular flexibility index (Phi) is 8.24. The van der Waals surface area contributed by atoms with Gasteiger partial charge in [0, 0.05) is 13.1 Å². The van der Waals surface area contributed by atoms with Crippen LogP contribution in [0.25, 0.3) is 0 Å². The molecule has 0 aromatic heterocycles. The third-order valence-corrected chi connectivity index (χ3v) is 2.04. The lowest BCUT2D eigenvalue weighted by atomic mass is 10.2. The van der Waals surface area contributed by atoms with Crippen LogP contribution in [0, 0.1) is 0 Å². The van der Waals surface area contributed by atoms with Crippen LogP contribution in [0.2, 0.25) is 0 Å². The van der Waals surface area contributed by atoms with Crippen LogP contribution in [0.3, 0.4) is 0 Å². The van der Waals surface area contributed by atoms with Crippen molar-refractivity contribution < 1.29 is 4.79 Å².